The fraction of sp³-hybridized carbons (Fsp3) is 0.467. The molecule has 2 unspecified atom stereocenters. The van der Waals surface area contributed by atoms with Gasteiger partial charge >= 0.3 is 0 Å². The number of rotatable bonds is 2. The molecule has 20 heavy (non-hydrogen) atoms. The second-order valence-corrected chi connectivity index (χ2v) is 5.84. The molecule has 104 valence electrons. The third-order valence-corrected chi connectivity index (χ3v) is 4.79. The van der Waals surface area contributed by atoms with Gasteiger partial charge in [-0.15, -0.1) is 0 Å². The van der Waals surface area contributed by atoms with Crippen molar-refractivity contribution in [3.8, 4) is 0 Å². The van der Waals surface area contributed by atoms with Crippen LogP contribution in [0.2, 0.25) is 0 Å². The van der Waals surface area contributed by atoms with E-state index in [0.717, 1.165) is 31.3 Å². The van der Waals surface area contributed by atoms with Crippen LogP contribution >= 0.6 is 0 Å². The Morgan fingerprint density at radius 2 is 2.40 bits per heavy atom. The maximum atomic E-state index is 12.7. The number of carbonyl (C=O) groups excluding carboxylic acids is 1. The van der Waals surface area contributed by atoms with Gasteiger partial charge in [-0.05, 0) is 50.4 Å². The first-order chi connectivity index (χ1) is 9.78. The average Bonchev–Trinajstić information content (AvgIpc) is 3.10. The summed E-state index contributed by atoms with van der Waals surface area (Å²) in [7, 11) is 0. The first kappa shape index (κ1) is 11.9. The SMILES string of the molecule is O=C(NC12CCCC1NCC2)c1cccn2nccc12. The molecule has 1 amide bonds. The van der Waals surface area contributed by atoms with E-state index in [-0.39, 0.29) is 11.4 Å². The zero-order valence-corrected chi connectivity index (χ0v) is 11.3. The van der Waals surface area contributed by atoms with Crippen molar-refractivity contribution in [1.29, 1.82) is 0 Å². The Kier molecular flexibility index (Phi) is 2.57. The highest BCUT2D eigenvalue weighted by Crippen LogP contribution is 2.36. The summed E-state index contributed by atoms with van der Waals surface area (Å²) in [5.74, 6) is 0.0201. The second kappa shape index (κ2) is 4.31. The Morgan fingerprint density at radius 1 is 1.45 bits per heavy atom. The molecule has 3 heterocycles. The summed E-state index contributed by atoms with van der Waals surface area (Å²) >= 11 is 0. The third-order valence-electron chi connectivity index (χ3n) is 4.79. The third kappa shape index (κ3) is 1.66. The topological polar surface area (TPSA) is 58.4 Å². The maximum Gasteiger partial charge on any atom is 0.253 e. The van der Waals surface area contributed by atoms with Crippen LogP contribution in [0.25, 0.3) is 5.52 Å². The predicted octanol–water partition coefficient (Wildman–Crippen LogP) is 1.35. The predicted molar refractivity (Wildman–Crippen MR) is 75.6 cm³/mol. The number of amides is 1. The Labute approximate surface area is 117 Å². The van der Waals surface area contributed by atoms with Crippen LogP contribution in [0.5, 0.6) is 0 Å². The number of hydrogen-bond acceptors (Lipinski definition) is 3. The first-order valence-corrected chi connectivity index (χ1v) is 7.27. The van der Waals surface area contributed by atoms with E-state index in [1.807, 2.05) is 24.4 Å². The van der Waals surface area contributed by atoms with Crippen LogP contribution in [-0.2, 0) is 0 Å². The Hall–Kier alpha value is -1.88. The van der Waals surface area contributed by atoms with E-state index in [4.69, 9.17) is 0 Å². The molecule has 0 aromatic carbocycles. The minimum absolute atomic E-state index is 0.0201. The fourth-order valence-electron chi connectivity index (χ4n) is 3.79. The summed E-state index contributed by atoms with van der Waals surface area (Å²) in [5.41, 5.74) is 1.53. The van der Waals surface area contributed by atoms with Gasteiger partial charge in [0, 0.05) is 12.2 Å². The number of fused-ring (bicyclic) bond motifs is 2. The van der Waals surface area contributed by atoms with Crippen LogP contribution < -0.4 is 10.6 Å². The van der Waals surface area contributed by atoms with Crippen molar-refractivity contribution in [2.75, 3.05) is 6.54 Å². The highest BCUT2D eigenvalue weighted by Gasteiger charge is 2.47. The van der Waals surface area contributed by atoms with E-state index in [0.29, 0.717) is 11.6 Å². The van der Waals surface area contributed by atoms with Crippen molar-refractivity contribution in [3.05, 3.63) is 36.2 Å². The molecule has 2 aliphatic rings. The number of aromatic nitrogens is 2. The highest BCUT2D eigenvalue weighted by molar-refractivity contribution is 6.01. The van der Waals surface area contributed by atoms with E-state index < -0.39 is 0 Å². The summed E-state index contributed by atoms with van der Waals surface area (Å²) in [6.07, 6.45) is 8.05. The molecule has 2 fully saturated rings. The lowest BCUT2D eigenvalue weighted by atomic mass is 9.92. The number of nitrogens with one attached hydrogen (secondary N) is 2. The van der Waals surface area contributed by atoms with Gasteiger partial charge in [-0.2, -0.15) is 5.10 Å². The molecule has 5 nitrogen and oxygen atoms in total. The van der Waals surface area contributed by atoms with Crippen LogP contribution in [0.3, 0.4) is 0 Å². The second-order valence-electron chi connectivity index (χ2n) is 5.84. The van der Waals surface area contributed by atoms with E-state index in [1.54, 1.807) is 10.7 Å². The molecular weight excluding hydrogens is 252 g/mol. The molecular formula is C15H18N4O. The number of pyridine rings is 1. The van der Waals surface area contributed by atoms with Gasteiger partial charge in [0.2, 0.25) is 0 Å². The summed E-state index contributed by atoms with van der Waals surface area (Å²) < 4.78 is 1.74. The quantitative estimate of drug-likeness (QED) is 0.866. The molecule has 2 aromatic heterocycles. The molecule has 2 N–H and O–H groups in total. The lowest BCUT2D eigenvalue weighted by molar-refractivity contribution is 0.0899. The van der Waals surface area contributed by atoms with Crippen molar-refractivity contribution < 1.29 is 4.79 Å². The lowest BCUT2D eigenvalue weighted by Gasteiger charge is -2.30. The molecule has 1 saturated heterocycles. The maximum absolute atomic E-state index is 12.7. The van der Waals surface area contributed by atoms with E-state index >= 15 is 0 Å². The van der Waals surface area contributed by atoms with Crippen molar-refractivity contribution in [3.63, 3.8) is 0 Å². The lowest BCUT2D eigenvalue weighted by Crippen LogP contribution is -2.52. The Morgan fingerprint density at radius 3 is 3.35 bits per heavy atom. The van der Waals surface area contributed by atoms with Crippen LogP contribution in [-0.4, -0.2) is 33.6 Å². The van der Waals surface area contributed by atoms with E-state index in [1.165, 1.54) is 6.42 Å². The number of carbonyl (C=O) groups is 1. The fourth-order valence-corrected chi connectivity index (χ4v) is 3.79. The summed E-state index contributed by atoms with van der Waals surface area (Å²) in [6, 6.07) is 6.06. The van der Waals surface area contributed by atoms with Gasteiger partial charge in [-0.1, -0.05) is 0 Å². The van der Waals surface area contributed by atoms with Crippen molar-refractivity contribution in [1.82, 2.24) is 20.2 Å². The molecule has 2 atom stereocenters. The Balaban J connectivity index is 1.66. The van der Waals surface area contributed by atoms with Gasteiger partial charge in [0.1, 0.15) is 0 Å². The summed E-state index contributed by atoms with van der Waals surface area (Å²) in [4.78, 5) is 12.7. The molecule has 0 spiro atoms. The number of hydrogen-bond donors (Lipinski definition) is 2. The standard InChI is InChI=1S/C15H18N4O/c20-14(11-3-2-10-19-12(11)5-8-17-19)18-15-6-1-4-13(15)16-9-7-15/h2-3,5,8,10,13,16H,1,4,6-7,9H2,(H,18,20). The highest BCUT2D eigenvalue weighted by atomic mass is 16.1. The van der Waals surface area contributed by atoms with Crippen LogP contribution in [0.1, 0.15) is 36.0 Å². The van der Waals surface area contributed by atoms with Gasteiger partial charge in [0.05, 0.1) is 22.8 Å². The minimum atomic E-state index is -0.0378. The van der Waals surface area contributed by atoms with Crippen molar-refractivity contribution in [2.24, 2.45) is 0 Å². The summed E-state index contributed by atoms with van der Waals surface area (Å²) in [6.45, 7) is 1.00. The normalized spacial score (nSPS) is 28.7. The molecule has 0 bridgehead atoms. The van der Waals surface area contributed by atoms with Crippen molar-refractivity contribution in [2.45, 2.75) is 37.3 Å². The molecule has 1 saturated carbocycles. The zero-order valence-electron chi connectivity index (χ0n) is 11.3. The molecule has 1 aliphatic carbocycles. The summed E-state index contributed by atoms with van der Waals surface area (Å²) in [5, 5.41) is 11.0. The largest absolute Gasteiger partial charge is 0.345 e. The smallest absolute Gasteiger partial charge is 0.253 e. The zero-order chi connectivity index (χ0) is 13.6. The van der Waals surface area contributed by atoms with E-state index in [2.05, 4.69) is 15.7 Å². The number of nitrogens with zero attached hydrogens (tertiary/aromatic N) is 2. The van der Waals surface area contributed by atoms with Gasteiger partial charge < -0.3 is 10.6 Å². The molecule has 1 aliphatic heterocycles. The van der Waals surface area contributed by atoms with Gasteiger partial charge in [0.25, 0.3) is 5.91 Å². The van der Waals surface area contributed by atoms with Crippen molar-refractivity contribution >= 4 is 11.4 Å². The molecule has 5 heteroatoms. The molecule has 4 rings (SSSR count). The molecule has 0 radical (unpaired) electrons. The molecule has 2 aromatic rings. The minimum Gasteiger partial charge on any atom is -0.345 e. The monoisotopic (exact) mass is 270 g/mol. The van der Waals surface area contributed by atoms with Gasteiger partial charge in [0.15, 0.2) is 0 Å². The van der Waals surface area contributed by atoms with Crippen LogP contribution in [0, 0.1) is 0 Å². The average molecular weight is 270 g/mol. The first-order valence-electron chi connectivity index (χ1n) is 7.27. The van der Waals surface area contributed by atoms with Crippen LogP contribution in [0.4, 0.5) is 0 Å². The van der Waals surface area contributed by atoms with Gasteiger partial charge in [-0.25, -0.2) is 4.52 Å². The van der Waals surface area contributed by atoms with E-state index in [9.17, 15) is 4.79 Å². The Bertz CT molecular complexity index is 653. The van der Waals surface area contributed by atoms with Gasteiger partial charge in [-0.3, -0.25) is 4.79 Å². The van der Waals surface area contributed by atoms with Crippen LogP contribution in [0.15, 0.2) is 30.6 Å².